The van der Waals surface area contributed by atoms with Crippen LogP contribution in [0.4, 0.5) is 27.8 Å². The molecule has 1 aromatic carbocycles. The average Bonchev–Trinajstić information content (AvgIpc) is 3.20. The molecule has 2 aromatic heterocycles. The molecule has 31 heavy (non-hydrogen) atoms. The number of oxazole rings is 1. The Morgan fingerprint density at radius 1 is 1.13 bits per heavy atom. The molecular weight excluding hydrogens is 455 g/mol. The van der Waals surface area contributed by atoms with E-state index in [-0.39, 0.29) is 39.5 Å². The smallest absolute Gasteiger partial charge is 0.436 e. The van der Waals surface area contributed by atoms with Crippen molar-refractivity contribution in [2.75, 3.05) is 5.32 Å². The van der Waals surface area contributed by atoms with Gasteiger partial charge in [0, 0.05) is 18.6 Å². The van der Waals surface area contributed by atoms with Gasteiger partial charge in [-0.3, -0.25) is 9.78 Å². The van der Waals surface area contributed by atoms with Gasteiger partial charge in [0.05, 0.1) is 23.1 Å². The number of halogens is 6. The van der Waals surface area contributed by atoms with Crippen molar-refractivity contribution in [1.82, 2.24) is 15.0 Å². The Kier molecular flexibility index (Phi) is 4.72. The molecule has 0 atom stereocenters. The van der Waals surface area contributed by atoms with Crippen molar-refractivity contribution in [3.8, 4) is 22.8 Å². The third-order valence-electron chi connectivity index (χ3n) is 3.87. The monoisotopic (exact) mass is 462 g/mol. The topological polar surface area (TPSA) is 99.4 Å². The van der Waals surface area contributed by atoms with Crippen LogP contribution in [0.3, 0.4) is 0 Å². The van der Waals surface area contributed by atoms with E-state index in [1.54, 1.807) is 0 Å². The molecule has 3 aromatic rings. The van der Waals surface area contributed by atoms with Crippen LogP contribution in [0.25, 0.3) is 11.3 Å². The van der Waals surface area contributed by atoms with E-state index in [2.05, 4.69) is 34.2 Å². The van der Waals surface area contributed by atoms with E-state index in [0.717, 1.165) is 31.5 Å². The Balaban J connectivity index is 1.56. The van der Waals surface area contributed by atoms with Crippen LogP contribution in [-0.4, -0.2) is 27.2 Å². The quantitative estimate of drug-likeness (QED) is 0.564. The molecule has 1 aliphatic rings. The number of rotatable bonds is 3. The van der Waals surface area contributed by atoms with Crippen molar-refractivity contribution in [3.05, 3.63) is 46.9 Å². The lowest BCUT2D eigenvalue weighted by Gasteiger charge is -2.07. The molecule has 3 heterocycles. The second-order valence-corrected chi connectivity index (χ2v) is 6.50. The highest BCUT2D eigenvalue weighted by Gasteiger charge is 2.44. The van der Waals surface area contributed by atoms with E-state index in [0.29, 0.717) is 0 Å². The van der Waals surface area contributed by atoms with Crippen LogP contribution < -0.4 is 14.8 Å². The molecule has 0 spiro atoms. The van der Waals surface area contributed by atoms with Crippen molar-refractivity contribution >= 4 is 23.3 Å². The van der Waals surface area contributed by atoms with Crippen LogP contribution in [0.1, 0.15) is 22.1 Å². The summed E-state index contributed by atoms with van der Waals surface area (Å²) < 4.78 is 78.3. The van der Waals surface area contributed by atoms with E-state index in [4.69, 9.17) is 11.6 Å². The number of hydrogen-bond donors (Lipinski definition) is 1. The number of anilines is 1. The molecule has 0 saturated heterocycles. The minimum atomic E-state index is -4.92. The predicted octanol–water partition coefficient (Wildman–Crippen LogP) is 4.69. The average molecular weight is 463 g/mol. The van der Waals surface area contributed by atoms with E-state index in [1.807, 2.05) is 0 Å². The summed E-state index contributed by atoms with van der Waals surface area (Å²) in [5, 5.41) is 2.12. The molecule has 1 N–H and O–H groups in total. The van der Waals surface area contributed by atoms with E-state index in [9.17, 15) is 26.7 Å². The Bertz CT molecular complexity index is 1180. The fourth-order valence-electron chi connectivity index (χ4n) is 2.65. The lowest BCUT2D eigenvalue weighted by atomic mass is 10.1. The number of amides is 1. The van der Waals surface area contributed by atoms with Crippen molar-refractivity contribution in [3.63, 3.8) is 0 Å². The van der Waals surface area contributed by atoms with Gasteiger partial charge in [0.1, 0.15) is 0 Å². The first kappa shape index (κ1) is 20.8. The first-order valence-corrected chi connectivity index (χ1v) is 8.58. The minimum Gasteiger partial charge on any atom is -0.436 e. The molecule has 0 saturated carbocycles. The number of fused-ring (bicyclic) bond motifs is 1. The number of carbonyl (C=O) groups excluding carboxylic acids is 1. The molecule has 14 heteroatoms. The summed E-state index contributed by atoms with van der Waals surface area (Å²) in [5.41, 5.74) is -0.688. The summed E-state index contributed by atoms with van der Waals surface area (Å²) in [4.78, 5) is 23.5. The summed E-state index contributed by atoms with van der Waals surface area (Å²) in [7, 11) is 0. The van der Waals surface area contributed by atoms with Gasteiger partial charge < -0.3 is 19.2 Å². The zero-order chi connectivity index (χ0) is 22.6. The van der Waals surface area contributed by atoms with Gasteiger partial charge in [-0.1, -0.05) is 11.6 Å². The second kappa shape index (κ2) is 7.04. The fourth-order valence-corrected chi connectivity index (χ4v) is 2.90. The van der Waals surface area contributed by atoms with Gasteiger partial charge in [-0.2, -0.15) is 13.2 Å². The van der Waals surface area contributed by atoms with Crippen molar-refractivity contribution in [2.45, 2.75) is 19.4 Å². The van der Waals surface area contributed by atoms with Gasteiger partial charge in [-0.25, -0.2) is 9.97 Å². The molecule has 162 valence electrons. The molecule has 1 amide bonds. The number of benzene rings is 1. The molecule has 0 bridgehead atoms. The maximum atomic E-state index is 13.2. The molecule has 0 radical (unpaired) electrons. The normalized spacial score (nSPS) is 14.5. The third-order valence-corrected chi connectivity index (χ3v) is 4.18. The highest BCUT2D eigenvalue weighted by molar-refractivity contribution is 6.33. The number of hydrogen-bond acceptors (Lipinski definition) is 7. The fraction of sp³-hybridized carbons (Fsp3) is 0.176. The summed E-state index contributed by atoms with van der Waals surface area (Å²) >= 11 is 6.06. The van der Waals surface area contributed by atoms with Crippen LogP contribution in [0.15, 0.2) is 28.9 Å². The zero-order valence-electron chi connectivity index (χ0n) is 15.1. The van der Waals surface area contributed by atoms with Crippen LogP contribution in [0.5, 0.6) is 11.5 Å². The Hall–Kier alpha value is -3.48. The lowest BCUT2D eigenvalue weighted by molar-refractivity contribution is -0.286. The van der Waals surface area contributed by atoms with E-state index in [1.165, 1.54) is 0 Å². The minimum absolute atomic E-state index is 0.000901. The molecule has 0 aliphatic carbocycles. The largest absolute Gasteiger partial charge is 0.586 e. The predicted molar refractivity (Wildman–Crippen MR) is 92.9 cm³/mol. The molecule has 8 nitrogen and oxygen atoms in total. The van der Waals surface area contributed by atoms with Crippen molar-refractivity contribution in [2.24, 2.45) is 0 Å². The standard InChI is InChI=1S/C17H8ClF5N4O4/c1-6-26-13(14(29-6)16(19,20)21)15(28)27-12-5-24-9(4-25-12)7-2-10-11(3-8(7)18)31-17(22,23)30-10/h2-5H,1H3,(H,25,27,28). The molecule has 0 unspecified atom stereocenters. The molecule has 4 rings (SSSR count). The number of aryl methyl sites for hydroxylation is 1. The summed E-state index contributed by atoms with van der Waals surface area (Å²) in [5.74, 6) is -3.85. The van der Waals surface area contributed by atoms with Gasteiger partial charge in [-0.05, 0) is 6.07 Å². The number of carbonyl (C=O) groups is 1. The van der Waals surface area contributed by atoms with Gasteiger partial charge in [0.25, 0.3) is 5.91 Å². The SMILES string of the molecule is Cc1nc(C(=O)Nc2cnc(-c3cc4c(cc3Cl)OC(F)(F)O4)cn2)c(C(F)(F)F)o1. The first-order valence-electron chi connectivity index (χ1n) is 8.21. The first-order chi connectivity index (χ1) is 14.4. The Labute approximate surface area is 174 Å². The van der Waals surface area contributed by atoms with Gasteiger partial charge in [0.2, 0.25) is 5.76 Å². The Morgan fingerprint density at radius 2 is 1.81 bits per heavy atom. The summed E-state index contributed by atoms with van der Waals surface area (Å²) in [6.45, 7) is 1.16. The number of nitrogens with one attached hydrogen (secondary N) is 1. The Morgan fingerprint density at radius 3 is 2.42 bits per heavy atom. The number of ether oxygens (including phenoxy) is 2. The summed E-state index contributed by atoms with van der Waals surface area (Å²) in [6.07, 6.45) is -6.60. The highest BCUT2D eigenvalue weighted by Crippen LogP contribution is 2.45. The number of nitrogens with zero attached hydrogens (tertiary/aromatic N) is 3. The molecule has 0 fully saturated rings. The van der Waals surface area contributed by atoms with Gasteiger partial charge in [0.15, 0.2) is 28.9 Å². The number of alkyl halides is 5. The maximum Gasteiger partial charge on any atom is 0.586 e. The van der Waals surface area contributed by atoms with Crippen LogP contribution in [-0.2, 0) is 6.18 Å². The highest BCUT2D eigenvalue weighted by atomic mass is 35.5. The van der Waals surface area contributed by atoms with Crippen molar-refractivity contribution in [1.29, 1.82) is 0 Å². The van der Waals surface area contributed by atoms with Crippen LogP contribution >= 0.6 is 11.6 Å². The van der Waals surface area contributed by atoms with Gasteiger partial charge in [-0.15, -0.1) is 8.78 Å². The van der Waals surface area contributed by atoms with E-state index >= 15 is 0 Å². The second-order valence-electron chi connectivity index (χ2n) is 6.10. The third kappa shape index (κ3) is 4.08. The molecule has 1 aliphatic heterocycles. The molecular formula is C17H8ClF5N4O4. The summed E-state index contributed by atoms with van der Waals surface area (Å²) in [6, 6.07) is 2.27. The lowest BCUT2D eigenvalue weighted by Crippen LogP contribution is -2.25. The maximum absolute atomic E-state index is 13.2. The van der Waals surface area contributed by atoms with E-state index < -0.39 is 29.8 Å². The zero-order valence-corrected chi connectivity index (χ0v) is 15.8. The van der Waals surface area contributed by atoms with Crippen molar-refractivity contribution < 1.29 is 40.6 Å². The van der Waals surface area contributed by atoms with Crippen LogP contribution in [0.2, 0.25) is 5.02 Å². The van der Waals surface area contributed by atoms with Crippen LogP contribution in [0, 0.1) is 6.92 Å². The van der Waals surface area contributed by atoms with Gasteiger partial charge >= 0.3 is 12.5 Å². The number of aromatic nitrogens is 3.